The lowest BCUT2D eigenvalue weighted by Crippen LogP contribution is -2.40. The molecule has 8 nitrogen and oxygen atoms in total. The number of nitrogens with one attached hydrogen (secondary N) is 2. The first-order valence-corrected chi connectivity index (χ1v) is 12.2. The molecule has 1 heterocycles. The SMILES string of the molecule is CCC(CC)C(=O)Nc1cccc(C(=O)Nc2ccc(S(=O)(=O)N3CCOCC3)cc2)c1. The van der Waals surface area contributed by atoms with E-state index >= 15 is 0 Å². The van der Waals surface area contributed by atoms with E-state index < -0.39 is 10.0 Å². The number of benzene rings is 2. The summed E-state index contributed by atoms with van der Waals surface area (Å²) in [5.74, 6) is -0.489. The molecule has 0 unspecified atom stereocenters. The lowest BCUT2D eigenvalue weighted by molar-refractivity contribution is -0.120. The van der Waals surface area contributed by atoms with Crippen molar-refractivity contribution in [2.75, 3.05) is 36.9 Å². The van der Waals surface area contributed by atoms with Gasteiger partial charge in [-0.1, -0.05) is 19.9 Å². The summed E-state index contributed by atoms with van der Waals surface area (Å²) in [7, 11) is -3.59. The van der Waals surface area contributed by atoms with Gasteiger partial charge in [0.1, 0.15) is 0 Å². The van der Waals surface area contributed by atoms with Gasteiger partial charge in [0.25, 0.3) is 5.91 Å². The van der Waals surface area contributed by atoms with Crippen molar-refractivity contribution in [2.24, 2.45) is 5.92 Å². The van der Waals surface area contributed by atoms with Gasteiger partial charge in [0.15, 0.2) is 0 Å². The van der Waals surface area contributed by atoms with E-state index in [1.165, 1.54) is 16.4 Å². The second-order valence-corrected chi connectivity index (χ2v) is 9.52. The maximum atomic E-state index is 12.7. The second-order valence-electron chi connectivity index (χ2n) is 7.58. The van der Waals surface area contributed by atoms with E-state index in [2.05, 4.69) is 10.6 Å². The Morgan fingerprint density at radius 3 is 2.25 bits per heavy atom. The van der Waals surface area contributed by atoms with Gasteiger partial charge < -0.3 is 15.4 Å². The van der Waals surface area contributed by atoms with Crippen LogP contribution in [0.3, 0.4) is 0 Å². The van der Waals surface area contributed by atoms with E-state index in [0.29, 0.717) is 43.2 Å². The fourth-order valence-corrected chi connectivity index (χ4v) is 4.90. The van der Waals surface area contributed by atoms with Crippen molar-refractivity contribution < 1.29 is 22.7 Å². The van der Waals surface area contributed by atoms with Gasteiger partial charge in [-0.25, -0.2) is 8.42 Å². The lowest BCUT2D eigenvalue weighted by atomic mass is 10.0. The number of amides is 2. The number of hydrogen-bond donors (Lipinski definition) is 2. The molecule has 0 atom stereocenters. The number of morpholine rings is 1. The number of sulfonamides is 1. The molecule has 0 saturated carbocycles. The zero-order valence-corrected chi connectivity index (χ0v) is 19.2. The van der Waals surface area contributed by atoms with E-state index in [0.717, 1.165) is 12.8 Å². The standard InChI is InChI=1S/C23H29N3O5S/c1-3-17(4-2)22(27)25-20-7-5-6-18(16-20)23(28)24-19-8-10-21(11-9-19)32(29,30)26-12-14-31-15-13-26/h5-11,16-17H,3-4,12-15H2,1-2H3,(H,24,28)(H,25,27). The third-order valence-electron chi connectivity index (χ3n) is 5.47. The molecule has 32 heavy (non-hydrogen) atoms. The molecule has 1 aliphatic rings. The molecule has 2 aromatic carbocycles. The molecule has 2 N–H and O–H groups in total. The lowest BCUT2D eigenvalue weighted by Gasteiger charge is -2.26. The number of carbonyl (C=O) groups is 2. The highest BCUT2D eigenvalue weighted by molar-refractivity contribution is 7.89. The van der Waals surface area contributed by atoms with Gasteiger partial charge in [-0.2, -0.15) is 4.31 Å². The Balaban J connectivity index is 1.66. The summed E-state index contributed by atoms with van der Waals surface area (Å²) >= 11 is 0. The number of carbonyl (C=O) groups excluding carboxylic acids is 2. The molecule has 1 fully saturated rings. The summed E-state index contributed by atoms with van der Waals surface area (Å²) in [4.78, 5) is 25.1. The van der Waals surface area contributed by atoms with Crippen LogP contribution in [-0.2, 0) is 19.6 Å². The average Bonchev–Trinajstić information content (AvgIpc) is 2.81. The number of nitrogens with zero attached hydrogens (tertiary/aromatic N) is 1. The molecule has 0 bridgehead atoms. The van der Waals surface area contributed by atoms with Gasteiger partial charge in [-0.3, -0.25) is 9.59 Å². The molecular formula is C23H29N3O5S. The molecule has 0 aromatic heterocycles. The first kappa shape index (κ1) is 23.9. The molecule has 0 spiro atoms. The van der Waals surface area contributed by atoms with Gasteiger partial charge >= 0.3 is 0 Å². The molecule has 1 aliphatic heterocycles. The maximum Gasteiger partial charge on any atom is 0.255 e. The Morgan fingerprint density at radius 2 is 1.62 bits per heavy atom. The molecule has 9 heteroatoms. The highest BCUT2D eigenvalue weighted by atomic mass is 32.2. The summed E-state index contributed by atoms with van der Waals surface area (Å²) in [6.45, 7) is 5.34. The van der Waals surface area contributed by atoms with E-state index in [1.807, 2.05) is 13.8 Å². The highest BCUT2D eigenvalue weighted by Gasteiger charge is 2.26. The Kier molecular flexibility index (Phi) is 8.00. The Hall–Kier alpha value is -2.75. The van der Waals surface area contributed by atoms with Crippen LogP contribution in [0.2, 0.25) is 0 Å². The molecule has 0 radical (unpaired) electrons. The van der Waals surface area contributed by atoms with E-state index in [1.54, 1.807) is 36.4 Å². The van der Waals surface area contributed by atoms with Gasteiger partial charge in [0.05, 0.1) is 18.1 Å². The van der Waals surface area contributed by atoms with Crippen LogP contribution in [0.25, 0.3) is 0 Å². The number of hydrogen-bond acceptors (Lipinski definition) is 5. The highest BCUT2D eigenvalue weighted by Crippen LogP contribution is 2.21. The third-order valence-corrected chi connectivity index (χ3v) is 7.38. The van der Waals surface area contributed by atoms with Crippen molar-refractivity contribution in [3.63, 3.8) is 0 Å². The van der Waals surface area contributed by atoms with Crippen LogP contribution in [0.5, 0.6) is 0 Å². The van der Waals surface area contributed by atoms with Crippen molar-refractivity contribution >= 4 is 33.2 Å². The van der Waals surface area contributed by atoms with Crippen molar-refractivity contribution in [1.29, 1.82) is 0 Å². The molecular weight excluding hydrogens is 430 g/mol. The van der Waals surface area contributed by atoms with E-state index in [4.69, 9.17) is 4.74 Å². The van der Waals surface area contributed by atoms with Crippen LogP contribution < -0.4 is 10.6 Å². The summed E-state index contributed by atoms with van der Waals surface area (Å²) in [6.07, 6.45) is 1.50. The molecule has 1 saturated heterocycles. The summed E-state index contributed by atoms with van der Waals surface area (Å²) in [5.41, 5.74) is 1.42. The smallest absolute Gasteiger partial charge is 0.255 e. The van der Waals surface area contributed by atoms with Crippen molar-refractivity contribution in [3.05, 3.63) is 54.1 Å². The predicted octanol–water partition coefficient (Wildman–Crippen LogP) is 3.33. The van der Waals surface area contributed by atoms with Crippen LogP contribution in [0, 0.1) is 5.92 Å². The molecule has 3 rings (SSSR count). The molecule has 2 aromatic rings. The fourth-order valence-electron chi connectivity index (χ4n) is 3.49. The van der Waals surface area contributed by atoms with Crippen molar-refractivity contribution in [1.82, 2.24) is 4.31 Å². The minimum atomic E-state index is -3.59. The van der Waals surface area contributed by atoms with E-state index in [9.17, 15) is 18.0 Å². The van der Waals surface area contributed by atoms with Gasteiger partial charge in [-0.05, 0) is 55.3 Å². The zero-order valence-electron chi connectivity index (χ0n) is 18.3. The summed E-state index contributed by atoms with van der Waals surface area (Å²) in [6, 6.07) is 12.8. The van der Waals surface area contributed by atoms with Crippen LogP contribution >= 0.6 is 0 Å². The Bertz CT molecular complexity index is 1040. The average molecular weight is 460 g/mol. The Labute approximate surface area is 189 Å². The first-order valence-electron chi connectivity index (χ1n) is 10.8. The van der Waals surface area contributed by atoms with Crippen LogP contribution in [0.1, 0.15) is 37.0 Å². The number of anilines is 2. The number of rotatable bonds is 8. The molecule has 0 aliphatic carbocycles. The van der Waals surface area contributed by atoms with Gasteiger partial charge in [-0.15, -0.1) is 0 Å². The normalized spacial score (nSPS) is 14.8. The maximum absolute atomic E-state index is 12.7. The van der Waals surface area contributed by atoms with Crippen LogP contribution in [-0.4, -0.2) is 50.8 Å². The van der Waals surface area contributed by atoms with Gasteiger partial charge in [0.2, 0.25) is 15.9 Å². The quantitative estimate of drug-likeness (QED) is 0.630. The van der Waals surface area contributed by atoms with Crippen molar-refractivity contribution in [2.45, 2.75) is 31.6 Å². The summed E-state index contributed by atoms with van der Waals surface area (Å²) in [5, 5.41) is 5.62. The minimum absolute atomic E-state index is 0.0652. The fraction of sp³-hybridized carbons (Fsp3) is 0.391. The van der Waals surface area contributed by atoms with E-state index in [-0.39, 0.29) is 22.6 Å². The van der Waals surface area contributed by atoms with Crippen molar-refractivity contribution in [3.8, 4) is 0 Å². The largest absolute Gasteiger partial charge is 0.379 e. The molecule has 2 amide bonds. The Morgan fingerprint density at radius 1 is 0.969 bits per heavy atom. The van der Waals surface area contributed by atoms with Crippen LogP contribution in [0.4, 0.5) is 11.4 Å². The molecule has 172 valence electrons. The zero-order chi connectivity index (χ0) is 23.1. The van der Waals surface area contributed by atoms with Crippen LogP contribution in [0.15, 0.2) is 53.4 Å². The number of ether oxygens (including phenoxy) is 1. The topological polar surface area (TPSA) is 105 Å². The predicted molar refractivity (Wildman–Crippen MR) is 123 cm³/mol. The summed E-state index contributed by atoms with van der Waals surface area (Å²) < 4.78 is 32.0. The second kappa shape index (κ2) is 10.7. The minimum Gasteiger partial charge on any atom is -0.379 e. The third kappa shape index (κ3) is 5.73. The van der Waals surface area contributed by atoms with Gasteiger partial charge in [0, 0.05) is 35.9 Å². The first-order chi connectivity index (χ1) is 15.3. The monoisotopic (exact) mass is 459 g/mol.